The Morgan fingerprint density at radius 2 is 2.11 bits per heavy atom. The third kappa shape index (κ3) is 2.81. The number of hydrogen-bond donors (Lipinski definition) is 1. The van der Waals surface area contributed by atoms with Crippen LogP contribution >= 0.6 is 0 Å². The molecular weight excluding hydrogens is 236 g/mol. The van der Waals surface area contributed by atoms with Gasteiger partial charge in [-0.3, -0.25) is 4.79 Å². The molecule has 1 aliphatic heterocycles. The highest BCUT2D eigenvalue weighted by molar-refractivity contribution is 5.83. The monoisotopic (exact) mass is 266 g/mol. The van der Waals surface area contributed by atoms with Crippen LogP contribution in [-0.2, 0) is 4.79 Å². The van der Waals surface area contributed by atoms with Crippen LogP contribution in [0.4, 0.5) is 0 Å². The molecule has 0 bridgehead atoms. The number of nitrogens with zero attached hydrogens (tertiary/aromatic N) is 1. The van der Waals surface area contributed by atoms with Crippen LogP contribution in [-0.4, -0.2) is 37.0 Å². The standard InChI is InChI=1S/C16H30N2O/c1-12(2)16(8-9-17-11-16)15(19)18(4)14-7-5-6-13(3)10-14/h12-14,17H,5-11H2,1-4H3. The first kappa shape index (κ1) is 14.8. The lowest BCUT2D eigenvalue weighted by Crippen LogP contribution is -2.51. The van der Waals surface area contributed by atoms with Crippen LogP contribution in [0, 0.1) is 17.3 Å². The maximum atomic E-state index is 13.0. The lowest BCUT2D eigenvalue weighted by atomic mass is 9.74. The van der Waals surface area contributed by atoms with Crippen molar-refractivity contribution >= 4 is 5.91 Å². The molecule has 19 heavy (non-hydrogen) atoms. The molecule has 1 saturated carbocycles. The van der Waals surface area contributed by atoms with Crippen LogP contribution < -0.4 is 5.32 Å². The van der Waals surface area contributed by atoms with Crippen LogP contribution in [0.1, 0.15) is 52.9 Å². The maximum absolute atomic E-state index is 13.0. The quantitative estimate of drug-likeness (QED) is 0.852. The number of rotatable bonds is 3. The molecule has 2 fully saturated rings. The smallest absolute Gasteiger partial charge is 0.230 e. The highest BCUT2D eigenvalue weighted by Crippen LogP contribution is 2.38. The van der Waals surface area contributed by atoms with Crippen molar-refractivity contribution in [3.05, 3.63) is 0 Å². The van der Waals surface area contributed by atoms with E-state index < -0.39 is 0 Å². The van der Waals surface area contributed by atoms with Gasteiger partial charge in [0.05, 0.1) is 5.41 Å². The number of amides is 1. The van der Waals surface area contributed by atoms with Gasteiger partial charge in [0, 0.05) is 19.6 Å². The number of carbonyl (C=O) groups is 1. The first-order valence-electron chi connectivity index (χ1n) is 7.95. The van der Waals surface area contributed by atoms with E-state index in [0.29, 0.717) is 17.9 Å². The Kier molecular flexibility index (Phi) is 4.54. The maximum Gasteiger partial charge on any atom is 0.230 e. The van der Waals surface area contributed by atoms with E-state index in [9.17, 15) is 4.79 Å². The molecule has 3 heteroatoms. The Balaban J connectivity index is 2.08. The molecule has 0 radical (unpaired) electrons. The number of carbonyl (C=O) groups excluding carboxylic acids is 1. The van der Waals surface area contributed by atoms with E-state index in [1.807, 2.05) is 7.05 Å². The van der Waals surface area contributed by atoms with Crippen molar-refractivity contribution in [1.29, 1.82) is 0 Å². The SMILES string of the molecule is CC1CCCC(N(C)C(=O)C2(C(C)C)CCNC2)C1. The summed E-state index contributed by atoms with van der Waals surface area (Å²) in [7, 11) is 2.04. The first-order valence-corrected chi connectivity index (χ1v) is 7.95. The van der Waals surface area contributed by atoms with E-state index in [-0.39, 0.29) is 5.41 Å². The molecule has 0 spiro atoms. The normalized spacial score (nSPS) is 35.6. The summed E-state index contributed by atoms with van der Waals surface area (Å²) in [5.41, 5.74) is -0.157. The number of nitrogens with one attached hydrogen (secondary N) is 1. The van der Waals surface area contributed by atoms with Crippen LogP contribution in [0.5, 0.6) is 0 Å². The Hall–Kier alpha value is -0.570. The zero-order chi connectivity index (χ0) is 14.0. The van der Waals surface area contributed by atoms with Gasteiger partial charge >= 0.3 is 0 Å². The van der Waals surface area contributed by atoms with Gasteiger partial charge in [0.1, 0.15) is 0 Å². The Bertz CT molecular complexity index is 321. The Morgan fingerprint density at radius 1 is 1.37 bits per heavy atom. The summed E-state index contributed by atoms with van der Waals surface area (Å²) in [4.78, 5) is 15.1. The van der Waals surface area contributed by atoms with Crippen LogP contribution in [0.3, 0.4) is 0 Å². The largest absolute Gasteiger partial charge is 0.342 e. The van der Waals surface area contributed by atoms with E-state index in [4.69, 9.17) is 0 Å². The first-order chi connectivity index (χ1) is 8.97. The van der Waals surface area contributed by atoms with Crippen molar-refractivity contribution in [3.63, 3.8) is 0 Å². The van der Waals surface area contributed by atoms with Gasteiger partial charge in [-0.15, -0.1) is 0 Å². The van der Waals surface area contributed by atoms with Crippen molar-refractivity contribution in [3.8, 4) is 0 Å². The van der Waals surface area contributed by atoms with E-state index in [1.54, 1.807) is 0 Å². The average Bonchev–Trinajstić information content (AvgIpc) is 2.87. The van der Waals surface area contributed by atoms with E-state index >= 15 is 0 Å². The molecule has 2 aliphatic rings. The van der Waals surface area contributed by atoms with Crippen molar-refractivity contribution in [2.45, 2.75) is 58.9 Å². The minimum Gasteiger partial charge on any atom is -0.342 e. The minimum atomic E-state index is -0.157. The van der Waals surface area contributed by atoms with Gasteiger partial charge in [-0.25, -0.2) is 0 Å². The molecule has 2 rings (SSSR count). The minimum absolute atomic E-state index is 0.157. The summed E-state index contributed by atoms with van der Waals surface area (Å²) in [6.45, 7) is 8.55. The molecule has 3 atom stereocenters. The summed E-state index contributed by atoms with van der Waals surface area (Å²) < 4.78 is 0. The highest BCUT2D eigenvalue weighted by atomic mass is 16.2. The van der Waals surface area contributed by atoms with Gasteiger partial charge < -0.3 is 10.2 Å². The summed E-state index contributed by atoms with van der Waals surface area (Å²) in [6.07, 6.45) is 5.97. The molecule has 3 nitrogen and oxygen atoms in total. The van der Waals surface area contributed by atoms with Crippen molar-refractivity contribution in [2.24, 2.45) is 17.3 Å². The molecule has 0 aromatic carbocycles. The molecule has 1 amide bonds. The molecule has 3 unspecified atom stereocenters. The van der Waals surface area contributed by atoms with Gasteiger partial charge in [0.2, 0.25) is 5.91 Å². The number of hydrogen-bond acceptors (Lipinski definition) is 2. The topological polar surface area (TPSA) is 32.3 Å². The summed E-state index contributed by atoms with van der Waals surface area (Å²) >= 11 is 0. The van der Waals surface area contributed by atoms with Gasteiger partial charge in [0.15, 0.2) is 0 Å². The van der Waals surface area contributed by atoms with Gasteiger partial charge in [0.25, 0.3) is 0 Å². The third-order valence-electron chi connectivity index (χ3n) is 5.50. The van der Waals surface area contributed by atoms with Gasteiger partial charge in [-0.1, -0.05) is 33.6 Å². The predicted molar refractivity (Wildman–Crippen MR) is 78.9 cm³/mol. The zero-order valence-electron chi connectivity index (χ0n) is 13.0. The molecule has 0 aromatic rings. The summed E-state index contributed by atoms with van der Waals surface area (Å²) in [5, 5.41) is 3.39. The Labute approximate surface area is 118 Å². The second-order valence-corrected chi connectivity index (χ2v) is 7.08. The van der Waals surface area contributed by atoms with Gasteiger partial charge in [-0.2, -0.15) is 0 Å². The molecular formula is C16H30N2O. The fourth-order valence-electron chi connectivity index (χ4n) is 3.90. The molecule has 1 heterocycles. The molecule has 110 valence electrons. The highest BCUT2D eigenvalue weighted by Gasteiger charge is 2.46. The van der Waals surface area contributed by atoms with E-state index in [0.717, 1.165) is 25.4 Å². The molecule has 1 N–H and O–H groups in total. The molecule has 0 aromatic heterocycles. The summed E-state index contributed by atoms with van der Waals surface area (Å²) in [6, 6.07) is 0.465. The molecule has 1 saturated heterocycles. The zero-order valence-corrected chi connectivity index (χ0v) is 13.0. The van der Waals surface area contributed by atoms with Crippen molar-refractivity contribution < 1.29 is 4.79 Å². The van der Waals surface area contributed by atoms with Crippen molar-refractivity contribution in [1.82, 2.24) is 10.2 Å². The van der Waals surface area contributed by atoms with Crippen LogP contribution in [0.25, 0.3) is 0 Å². The second-order valence-electron chi connectivity index (χ2n) is 7.08. The fourth-order valence-corrected chi connectivity index (χ4v) is 3.90. The molecule has 1 aliphatic carbocycles. The second kappa shape index (κ2) is 5.82. The van der Waals surface area contributed by atoms with E-state index in [1.165, 1.54) is 25.7 Å². The Morgan fingerprint density at radius 3 is 2.63 bits per heavy atom. The lowest BCUT2D eigenvalue weighted by molar-refractivity contribution is -0.145. The summed E-state index contributed by atoms with van der Waals surface area (Å²) in [5.74, 6) is 1.57. The average molecular weight is 266 g/mol. The van der Waals surface area contributed by atoms with Gasteiger partial charge in [-0.05, 0) is 37.6 Å². The van der Waals surface area contributed by atoms with E-state index in [2.05, 4.69) is 31.0 Å². The fraction of sp³-hybridized carbons (Fsp3) is 0.938. The van der Waals surface area contributed by atoms with Crippen LogP contribution in [0.2, 0.25) is 0 Å². The third-order valence-corrected chi connectivity index (χ3v) is 5.50. The van der Waals surface area contributed by atoms with Crippen molar-refractivity contribution in [2.75, 3.05) is 20.1 Å². The lowest BCUT2D eigenvalue weighted by Gasteiger charge is -2.41. The van der Waals surface area contributed by atoms with Crippen LogP contribution in [0.15, 0.2) is 0 Å². The predicted octanol–water partition coefficient (Wildman–Crippen LogP) is 2.66.